The SMILES string of the molecule is COc1ccc2[nH]c(=O)n(CC3CCC(C(=O)N4CCN(C(=O)C5CC5)CC4)CC3)c2n1. The summed E-state index contributed by atoms with van der Waals surface area (Å²) < 4.78 is 6.90. The zero-order valence-corrected chi connectivity index (χ0v) is 18.6. The van der Waals surface area contributed by atoms with Crippen LogP contribution in [-0.2, 0) is 16.1 Å². The number of imidazole rings is 1. The fourth-order valence-electron chi connectivity index (χ4n) is 5.14. The van der Waals surface area contributed by atoms with Crippen molar-refractivity contribution in [2.24, 2.45) is 17.8 Å². The second-order valence-corrected chi connectivity index (χ2v) is 9.41. The highest BCUT2D eigenvalue weighted by atomic mass is 16.5. The second kappa shape index (κ2) is 8.60. The van der Waals surface area contributed by atoms with Gasteiger partial charge in [-0.25, -0.2) is 4.79 Å². The van der Waals surface area contributed by atoms with E-state index in [9.17, 15) is 14.4 Å². The van der Waals surface area contributed by atoms with E-state index in [0.29, 0.717) is 55.7 Å². The van der Waals surface area contributed by atoms with Gasteiger partial charge in [0.05, 0.1) is 12.6 Å². The third kappa shape index (κ3) is 4.12. The van der Waals surface area contributed by atoms with E-state index in [-0.39, 0.29) is 29.3 Å². The summed E-state index contributed by atoms with van der Waals surface area (Å²) in [6.45, 7) is 3.22. The maximum Gasteiger partial charge on any atom is 0.327 e. The van der Waals surface area contributed by atoms with E-state index in [0.717, 1.165) is 38.5 Å². The summed E-state index contributed by atoms with van der Waals surface area (Å²) in [6.07, 6.45) is 5.57. The number of hydrogen-bond donors (Lipinski definition) is 1. The molecule has 0 atom stereocenters. The highest BCUT2D eigenvalue weighted by Gasteiger charge is 2.36. The summed E-state index contributed by atoms with van der Waals surface area (Å²) >= 11 is 0. The van der Waals surface area contributed by atoms with Gasteiger partial charge in [0.15, 0.2) is 5.65 Å². The standard InChI is InChI=1S/C23H31N5O4/c1-32-19-9-8-18-20(25-19)28(23(31)24-18)14-15-2-4-16(5-3-15)21(29)26-10-12-27(13-11-26)22(30)17-6-7-17/h8-9,15-17H,2-7,10-14H2,1H3,(H,24,31). The fourth-order valence-corrected chi connectivity index (χ4v) is 5.14. The molecule has 2 amide bonds. The van der Waals surface area contributed by atoms with Crippen molar-refractivity contribution >= 4 is 23.0 Å². The molecule has 2 saturated carbocycles. The minimum atomic E-state index is -0.155. The zero-order valence-electron chi connectivity index (χ0n) is 18.6. The number of carbonyl (C=O) groups is 2. The van der Waals surface area contributed by atoms with Gasteiger partial charge in [0.25, 0.3) is 0 Å². The topological polar surface area (TPSA) is 101 Å². The lowest BCUT2D eigenvalue weighted by Crippen LogP contribution is -2.52. The Kier molecular flexibility index (Phi) is 5.65. The number of piperazine rings is 1. The minimum absolute atomic E-state index is 0.0508. The highest BCUT2D eigenvalue weighted by Crippen LogP contribution is 2.33. The van der Waals surface area contributed by atoms with Gasteiger partial charge in [-0.2, -0.15) is 4.98 Å². The summed E-state index contributed by atoms with van der Waals surface area (Å²) in [4.78, 5) is 48.9. The van der Waals surface area contributed by atoms with Gasteiger partial charge in [-0.15, -0.1) is 0 Å². The molecule has 5 rings (SSSR count). The Balaban J connectivity index is 1.15. The lowest BCUT2D eigenvalue weighted by atomic mass is 9.81. The molecule has 1 aliphatic heterocycles. The molecular formula is C23H31N5O4. The van der Waals surface area contributed by atoms with Gasteiger partial charge in [0.2, 0.25) is 17.7 Å². The second-order valence-electron chi connectivity index (χ2n) is 9.41. The van der Waals surface area contributed by atoms with E-state index in [1.54, 1.807) is 17.7 Å². The van der Waals surface area contributed by atoms with Crippen LogP contribution in [0.2, 0.25) is 0 Å². The molecule has 1 saturated heterocycles. The predicted molar refractivity (Wildman–Crippen MR) is 118 cm³/mol. The Hall–Kier alpha value is -2.84. The van der Waals surface area contributed by atoms with Crippen LogP contribution < -0.4 is 10.4 Å². The van der Waals surface area contributed by atoms with Crippen LogP contribution in [0.4, 0.5) is 0 Å². The molecule has 32 heavy (non-hydrogen) atoms. The van der Waals surface area contributed by atoms with Gasteiger partial charge in [-0.1, -0.05) is 0 Å². The number of H-pyrrole nitrogens is 1. The molecule has 2 aliphatic carbocycles. The Labute approximate surface area is 186 Å². The number of amides is 2. The smallest absolute Gasteiger partial charge is 0.327 e. The maximum absolute atomic E-state index is 13.0. The number of nitrogens with zero attached hydrogens (tertiary/aromatic N) is 4. The molecule has 0 unspecified atom stereocenters. The van der Waals surface area contributed by atoms with E-state index in [2.05, 4.69) is 9.97 Å². The van der Waals surface area contributed by atoms with Crippen molar-refractivity contribution in [3.05, 3.63) is 22.6 Å². The molecule has 2 aromatic heterocycles. The van der Waals surface area contributed by atoms with E-state index < -0.39 is 0 Å². The Morgan fingerprint density at radius 1 is 0.969 bits per heavy atom. The van der Waals surface area contributed by atoms with Crippen LogP contribution in [0.25, 0.3) is 11.2 Å². The summed E-state index contributed by atoms with van der Waals surface area (Å²) in [7, 11) is 1.56. The monoisotopic (exact) mass is 441 g/mol. The fraction of sp³-hybridized carbons (Fsp3) is 0.652. The van der Waals surface area contributed by atoms with Crippen molar-refractivity contribution in [3.8, 4) is 5.88 Å². The normalized spacial score (nSPS) is 24.0. The lowest BCUT2D eigenvalue weighted by molar-refractivity contribution is -0.143. The first-order valence-electron chi connectivity index (χ1n) is 11.7. The molecule has 9 heteroatoms. The molecule has 0 bridgehead atoms. The van der Waals surface area contributed by atoms with Crippen LogP contribution in [0.1, 0.15) is 38.5 Å². The van der Waals surface area contributed by atoms with Crippen molar-refractivity contribution in [1.29, 1.82) is 0 Å². The summed E-state index contributed by atoms with van der Waals surface area (Å²) in [5, 5.41) is 0. The lowest BCUT2D eigenvalue weighted by Gasteiger charge is -2.38. The summed E-state index contributed by atoms with van der Waals surface area (Å²) in [5.41, 5.74) is 1.17. The third-order valence-corrected chi connectivity index (χ3v) is 7.27. The van der Waals surface area contributed by atoms with Crippen molar-refractivity contribution < 1.29 is 14.3 Å². The number of fused-ring (bicyclic) bond motifs is 1. The van der Waals surface area contributed by atoms with Gasteiger partial charge >= 0.3 is 5.69 Å². The molecule has 9 nitrogen and oxygen atoms in total. The minimum Gasteiger partial charge on any atom is -0.481 e. The molecule has 3 fully saturated rings. The van der Waals surface area contributed by atoms with Gasteiger partial charge < -0.3 is 19.5 Å². The summed E-state index contributed by atoms with van der Waals surface area (Å²) in [5.74, 6) is 1.63. The molecule has 1 N–H and O–H groups in total. The van der Waals surface area contributed by atoms with Gasteiger partial charge in [0.1, 0.15) is 0 Å². The van der Waals surface area contributed by atoms with Crippen LogP contribution in [0.15, 0.2) is 16.9 Å². The molecule has 2 aromatic rings. The number of methoxy groups -OCH3 is 1. The van der Waals surface area contributed by atoms with Crippen molar-refractivity contribution in [3.63, 3.8) is 0 Å². The largest absolute Gasteiger partial charge is 0.481 e. The maximum atomic E-state index is 13.0. The highest BCUT2D eigenvalue weighted by molar-refractivity contribution is 5.82. The Morgan fingerprint density at radius 2 is 1.53 bits per heavy atom. The van der Waals surface area contributed by atoms with Gasteiger partial charge in [0, 0.05) is 50.6 Å². The number of nitrogens with one attached hydrogen (secondary N) is 1. The van der Waals surface area contributed by atoms with E-state index >= 15 is 0 Å². The van der Waals surface area contributed by atoms with Crippen molar-refractivity contribution in [2.75, 3.05) is 33.3 Å². The average molecular weight is 442 g/mol. The van der Waals surface area contributed by atoms with Gasteiger partial charge in [-0.3, -0.25) is 14.2 Å². The predicted octanol–water partition coefficient (Wildman–Crippen LogP) is 1.62. The molecule has 3 heterocycles. The number of aromatic nitrogens is 3. The quantitative estimate of drug-likeness (QED) is 0.760. The van der Waals surface area contributed by atoms with Crippen molar-refractivity contribution in [1.82, 2.24) is 24.3 Å². The third-order valence-electron chi connectivity index (χ3n) is 7.27. The Morgan fingerprint density at radius 3 is 2.06 bits per heavy atom. The van der Waals surface area contributed by atoms with Crippen molar-refractivity contribution in [2.45, 2.75) is 45.1 Å². The van der Waals surface area contributed by atoms with E-state index in [1.807, 2.05) is 15.9 Å². The molecule has 0 spiro atoms. The number of hydrogen-bond acceptors (Lipinski definition) is 5. The first-order chi connectivity index (χ1) is 15.5. The van der Waals surface area contributed by atoms with Crippen LogP contribution in [0.3, 0.4) is 0 Å². The first kappa shape index (κ1) is 21.0. The average Bonchev–Trinajstić information content (AvgIpc) is 3.63. The Bertz CT molecular complexity index is 1060. The number of ether oxygens (including phenoxy) is 1. The first-order valence-corrected chi connectivity index (χ1v) is 11.7. The number of rotatable bonds is 5. The van der Waals surface area contributed by atoms with Crippen LogP contribution in [0, 0.1) is 17.8 Å². The zero-order chi connectivity index (χ0) is 22.2. The molecule has 3 aliphatic rings. The van der Waals surface area contributed by atoms with Crippen LogP contribution >= 0.6 is 0 Å². The molecule has 172 valence electrons. The van der Waals surface area contributed by atoms with E-state index in [1.165, 1.54) is 0 Å². The van der Waals surface area contributed by atoms with Gasteiger partial charge in [-0.05, 0) is 50.5 Å². The molecular weight excluding hydrogens is 410 g/mol. The van der Waals surface area contributed by atoms with E-state index in [4.69, 9.17) is 4.74 Å². The molecule has 0 aromatic carbocycles. The number of pyridine rings is 1. The van der Waals surface area contributed by atoms with Crippen LogP contribution in [0.5, 0.6) is 5.88 Å². The summed E-state index contributed by atoms with van der Waals surface area (Å²) in [6, 6.07) is 3.55. The number of carbonyl (C=O) groups excluding carboxylic acids is 2. The molecule has 0 radical (unpaired) electrons. The van der Waals surface area contributed by atoms with Crippen LogP contribution in [-0.4, -0.2) is 69.4 Å². The number of aromatic amines is 1.